The number of aryl methyl sites for hydroxylation is 1. The van der Waals surface area contributed by atoms with Gasteiger partial charge in [-0.3, -0.25) is 4.79 Å². The largest absolute Gasteiger partial charge is 0.493 e. The molecule has 0 fully saturated rings. The van der Waals surface area contributed by atoms with Crippen LogP contribution in [-0.4, -0.2) is 19.6 Å². The third kappa shape index (κ3) is 4.61. The van der Waals surface area contributed by atoms with Gasteiger partial charge in [0.1, 0.15) is 11.6 Å². The molecule has 5 heteroatoms. The second-order valence-corrected chi connectivity index (χ2v) is 5.28. The van der Waals surface area contributed by atoms with E-state index in [2.05, 4.69) is 5.32 Å². The van der Waals surface area contributed by atoms with Crippen molar-refractivity contribution in [3.63, 3.8) is 0 Å². The maximum Gasteiger partial charge on any atom is 0.266 e. The molecule has 128 valence electrons. The number of rotatable bonds is 6. The number of anilines is 1. The van der Waals surface area contributed by atoms with Crippen LogP contribution in [-0.2, 0) is 4.79 Å². The number of hydrogen-bond acceptors (Lipinski definition) is 4. The van der Waals surface area contributed by atoms with Gasteiger partial charge >= 0.3 is 0 Å². The fourth-order valence-electron chi connectivity index (χ4n) is 2.27. The van der Waals surface area contributed by atoms with Gasteiger partial charge in [-0.05, 0) is 49.2 Å². The fourth-order valence-corrected chi connectivity index (χ4v) is 2.27. The number of para-hydroxylation sites is 1. The van der Waals surface area contributed by atoms with Crippen LogP contribution in [0.5, 0.6) is 11.5 Å². The molecule has 0 unspecified atom stereocenters. The lowest BCUT2D eigenvalue weighted by Gasteiger charge is -2.10. The number of benzene rings is 2. The number of methoxy groups -OCH3 is 1. The first-order valence-corrected chi connectivity index (χ1v) is 7.88. The molecule has 2 aromatic rings. The zero-order valence-electron chi connectivity index (χ0n) is 14.5. The first kappa shape index (κ1) is 18.1. The highest BCUT2D eigenvalue weighted by Crippen LogP contribution is 2.29. The van der Waals surface area contributed by atoms with E-state index in [1.165, 1.54) is 6.08 Å². The van der Waals surface area contributed by atoms with Crippen molar-refractivity contribution < 1.29 is 14.3 Å². The average molecular weight is 336 g/mol. The molecule has 0 aliphatic heterocycles. The lowest BCUT2D eigenvalue weighted by molar-refractivity contribution is -0.112. The summed E-state index contributed by atoms with van der Waals surface area (Å²) in [5, 5.41) is 12.1. The zero-order chi connectivity index (χ0) is 18.2. The SMILES string of the molecule is CCOc1cc(/C=C(/C#N)C(=O)Nc2ccccc2C)ccc1OC. The van der Waals surface area contributed by atoms with Crippen molar-refractivity contribution in [2.24, 2.45) is 0 Å². The first-order valence-electron chi connectivity index (χ1n) is 7.88. The maximum atomic E-state index is 12.4. The van der Waals surface area contributed by atoms with Crippen molar-refractivity contribution in [2.45, 2.75) is 13.8 Å². The molecule has 1 N–H and O–H groups in total. The van der Waals surface area contributed by atoms with Crippen LogP contribution < -0.4 is 14.8 Å². The Labute approximate surface area is 147 Å². The number of hydrogen-bond donors (Lipinski definition) is 1. The van der Waals surface area contributed by atoms with Gasteiger partial charge in [0.15, 0.2) is 11.5 Å². The van der Waals surface area contributed by atoms with E-state index in [1.54, 1.807) is 31.4 Å². The number of nitrogens with one attached hydrogen (secondary N) is 1. The highest BCUT2D eigenvalue weighted by Gasteiger charge is 2.12. The van der Waals surface area contributed by atoms with Crippen molar-refractivity contribution in [1.82, 2.24) is 0 Å². The van der Waals surface area contributed by atoms with Crippen LogP contribution in [0.15, 0.2) is 48.0 Å². The fraction of sp³-hybridized carbons (Fsp3) is 0.200. The molecule has 2 rings (SSSR count). The number of nitrogens with zero attached hydrogens (tertiary/aromatic N) is 1. The Kier molecular flexibility index (Phi) is 6.19. The van der Waals surface area contributed by atoms with Gasteiger partial charge < -0.3 is 14.8 Å². The Balaban J connectivity index is 2.28. The number of nitriles is 1. The van der Waals surface area contributed by atoms with Crippen molar-refractivity contribution >= 4 is 17.7 Å². The lowest BCUT2D eigenvalue weighted by Crippen LogP contribution is -2.14. The Bertz CT molecular complexity index is 835. The second-order valence-electron chi connectivity index (χ2n) is 5.28. The quantitative estimate of drug-likeness (QED) is 0.640. The smallest absolute Gasteiger partial charge is 0.266 e. The molecule has 0 saturated heterocycles. The first-order chi connectivity index (χ1) is 12.1. The zero-order valence-corrected chi connectivity index (χ0v) is 14.5. The van der Waals surface area contributed by atoms with Gasteiger partial charge in [-0.1, -0.05) is 24.3 Å². The Morgan fingerprint density at radius 1 is 1.24 bits per heavy atom. The molecule has 0 aliphatic rings. The number of ether oxygens (including phenoxy) is 2. The summed E-state index contributed by atoms with van der Waals surface area (Å²) in [5.74, 6) is 0.711. The van der Waals surface area contributed by atoms with Gasteiger partial charge in [0, 0.05) is 5.69 Å². The summed E-state index contributed by atoms with van der Waals surface area (Å²) in [6, 6.07) is 14.6. The Morgan fingerprint density at radius 3 is 2.64 bits per heavy atom. The molecule has 2 aromatic carbocycles. The molecular formula is C20H20N2O3. The summed E-state index contributed by atoms with van der Waals surface area (Å²) in [6.45, 7) is 4.25. The van der Waals surface area contributed by atoms with Crippen LogP contribution in [0, 0.1) is 18.3 Å². The lowest BCUT2D eigenvalue weighted by atomic mass is 10.1. The summed E-state index contributed by atoms with van der Waals surface area (Å²) in [6.07, 6.45) is 1.52. The Morgan fingerprint density at radius 2 is 2.00 bits per heavy atom. The van der Waals surface area contributed by atoms with Gasteiger partial charge in [0.2, 0.25) is 0 Å². The molecule has 1 amide bonds. The minimum absolute atomic E-state index is 0.0101. The molecule has 0 radical (unpaired) electrons. The predicted octanol–water partition coefficient (Wildman–Crippen LogP) is 3.95. The van der Waals surface area contributed by atoms with Crippen molar-refractivity contribution in [3.8, 4) is 17.6 Å². The number of carbonyl (C=O) groups excluding carboxylic acids is 1. The minimum Gasteiger partial charge on any atom is -0.493 e. The van der Waals surface area contributed by atoms with E-state index in [0.29, 0.717) is 29.4 Å². The summed E-state index contributed by atoms with van der Waals surface area (Å²) < 4.78 is 10.8. The van der Waals surface area contributed by atoms with E-state index in [9.17, 15) is 10.1 Å². The molecular weight excluding hydrogens is 316 g/mol. The van der Waals surface area contributed by atoms with Crippen LogP contribution >= 0.6 is 0 Å². The van der Waals surface area contributed by atoms with Crippen LogP contribution in [0.4, 0.5) is 5.69 Å². The van der Waals surface area contributed by atoms with E-state index in [1.807, 2.05) is 38.1 Å². The van der Waals surface area contributed by atoms with Crippen molar-refractivity contribution in [3.05, 3.63) is 59.2 Å². The van der Waals surface area contributed by atoms with E-state index in [0.717, 1.165) is 5.56 Å². The van der Waals surface area contributed by atoms with Crippen LogP contribution in [0.1, 0.15) is 18.1 Å². The van der Waals surface area contributed by atoms with Crippen LogP contribution in [0.2, 0.25) is 0 Å². The van der Waals surface area contributed by atoms with Crippen LogP contribution in [0.3, 0.4) is 0 Å². The summed E-state index contributed by atoms with van der Waals surface area (Å²) in [4.78, 5) is 12.4. The molecule has 0 aliphatic carbocycles. The summed E-state index contributed by atoms with van der Waals surface area (Å²) in [5.41, 5.74) is 2.30. The highest BCUT2D eigenvalue weighted by atomic mass is 16.5. The molecule has 5 nitrogen and oxygen atoms in total. The Hall–Kier alpha value is -3.26. The molecule has 0 bridgehead atoms. The van der Waals surface area contributed by atoms with Gasteiger partial charge in [-0.15, -0.1) is 0 Å². The van der Waals surface area contributed by atoms with Crippen LogP contribution in [0.25, 0.3) is 6.08 Å². The van der Waals surface area contributed by atoms with Crippen molar-refractivity contribution in [2.75, 3.05) is 19.0 Å². The number of amides is 1. The van der Waals surface area contributed by atoms with E-state index < -0.39 is 5.91 Å². The van der Waals surface area contributed by atoms with E-state index in [-0.39, 0.29) is 5.57 Å². The molecule has 0 spiro atoms. The maximum absolute atomic E-state index is 12.4. The number of carbonyl (C=O) groups is 1. The van der Waals surface area contributed by atoms with Gasteiger partial charge in [-0.25, -0.2) is 0 Å². The van der Waals surface area contributed by atoms with E-state index >= 15 is 0 Å². The molecule has 0 heterocycles. The third-order valence-corrected chi connectivity index (χ3v) is 3.56. The third-order valence-electron chi connectivity index (χ3n) is 3.56. The summed E-state index contributed by atoms with van der Waals surface area (Å²) >= 11 is 0. The van der Waals surface area contributed by atoms with Gasteiger partial charge in [0.25, 0.3) is 5.91 Å². The minimum atomic E-state index is -0.453. The molecule has 0 atom stereocenters. The topological polar surface area (TPSA) is 71.3 Å². The molecule has 0 saturated carbocycles. The van der Waals surface area contributed by atoms with Crippen molar-refractivity contribution in [1.29, 1.82) is 5.26 Å². The normalized spacial score (nSPS) is 10.7. The second kappa shape index (κ2) is 8.55. The van der Waals surface area contributed by atoms with E-state index in [4.69, 9.17) is 9.47 Å². The summed E-state index contributed by atoms with van der Waals surface area (Å²) in [7, 11) is 1.56. The highest BCUT2D eigenvalue weighted by molar-refractivity contribution is 6.10. The monoisotopic (exact) mass is 336 g/mol. The average Bonchev–Trinajstić information content (AvgIpc) is 2.62. The molecule has 25 heavy (non-hydrogen) atoms. The van der Waals surface area contributed by atoms with Gasteiger partial charge in [0.05, 0.1) is 13.7 Å². The standard InChI is InChI=1S/C20H20N2O3/c1-4-25-19-12-15(9-10-18(19)24-3)11-16(13-21)20(23)22-17-8-6-5-7-14(17)2/h5-12H,4H2,1-3H3,(H,22,23)/b16-11-. The van der Waals surface area contributed by atoms with Gasteiger partial charge in [-0.2, -0.15) is 5.26 Å². The predicted molar refractivity (Wildman–Crippen MR) is 97.6 cm³/mol. The molecule has 0 aromatic heterocycles.